The number of anilines is 3. The van der Waals surface area contributed by atoms with Gasteiger partial charge in [0.25, 0.3) is 0 Å². The highest BCUT2D eigenvalue weighted by Crippen LogP contribution is 2.40. The molecule has 3 rings (SSSR count). The van der Waals surface area contributed by atoms with Crippen molar-refractivity contribution in [1.29, 1.82) is 0 Å². The summed E-state index contributed by atoms with van der Waals surface area (Å²) < 4.78 is 21.5. The van der Waals surface area contributed by atoms with Gasteiger partial charge in [-0.2, -0.15) is 0 Å². The minimum absolute atomic E-state index is 0.530. The lowest BCUT2D eigenvalue weighted by atomic mass is 10.2. The van der Waals surface area contributed by atoms with Gasteiger partial charge in [0.15, 0.2) is 11.5 Å². The maximum absolute atomic E-state index is 5.39. The second-order valence-electron chi connectivity index (χ2n) is 5.99. The highest BCUT2D eigenvalue weighted by molar-refractivity contribution is 5.67. The topological polar surface area (TPSA) is 86.8 Å². The number of methoxy groups -OCH3 is 4. The zero-order valence-electron chi connectivity index (χ0n) is 16.9. The van der Waals surface area contributed by atoms with Crippen LogP contribution in [-0.4, -0.2) is 38.4 Å². The van der Waals surface area contributed by atoms with E-state index in [9.17, 15) is 0 Å². The van der Waals surface area contributed by atoms with Crippen LogP contribution in [0.4, 0.5) is 17.3 Å². The van der Waals surface area contributed by atoms with Crippen LogP contribution in [0.5, 0.6) is 23.0 Å². The molecule has 0 saturated carbocycles. The van der Waals surface area contributed by atoms with E-state index in [2.05, 4.69) is 20.6 Å². The first kappa shape index (κ1) is 20.1. The van der Waals surface area contributed by atoms with Crippen LogP contribution >= 0.6 is 0 Å². The van der Waals surface area contributed by atoms with E-state index in [4.69, 9.17) is 18.9 Å². The first-order chi connectivity index (χ1) is 14.2. The molecule has 0 aliphatic carbocycles. The second kappa shape index (κ2) is 9.50. The Bertz CT molecular complexity index is 940. The second-order valence-corrected chi connectivity index (χ2v) is 5.99. The molecular formula is C21H24N4O4. The zero-order chi connectivity index (χ0) is 20.6. The van der Waals surface area contributed by atoms with E-state index in [0.717, 1.165) is 17.0 Å². The Kier molecular flexibility index (Phi) is 6.57. The number of ether oxygens (including phenoxy) is 4. The van der Waals surface area contributed by atoms with Gasteiger partial charge in [0.2, 0.25) is 5.75 Å². The van der Waals surface area contributed by atoms with Crippen LogP contribution in [0.15, 0.2) is 48.8 Å². The highest BCUT2D eigenvalue weighted by Gasteiger charge is 2.13. The Morgan fingerprint density at radius 1 is 0.759 bits per heavy atom. The predicted molar refractivity (Wildman–Crippen MR) is 112 cm³/mol. The molecule has 0 aliphatic heterocycles. The number of nitrogens with zero attached hydrogens (tertiary/aromatic N) is 2. The maximum Gasteiger partial charge on any atom is 0.203 e. The van der Waals surface area contributed by atoms with E-state index in [1.165, 1.54) is 6.33 Å². The molecule has 0 amide bonds. The summed E-state index contributed by atoms with van der Waals surface area (Å²) in [6.07, 6.45) is 1.49. The van der Waals surface area contributed by atoms with Gasteiger partial charge < -0.3 is 29.6 Å². The van der Waals surface area contributed by atoms with Gasteiger partial charge in [-0.15, -0.1) is 0 Å². The van der Waals surface area contributed by atoms with Crippen LogP contribution in [0.3, 0.4) is 0 Å². The van der Waals surface area contributed by atoms with E-state index >= 15 is 0 Å². The van der Waals surface area contributed by atoms with Crippen LogP contribution in [0.1, 0.15) is 5.56 Å². The largest absolute Gasteiger partial charge is 0.496 e. The minimum Gasteiger partial charge on any atom is -0.496 e. The fourth-order valence-electron chi connectivity index (χ4n) is 2.86. The van der Waals surface area contributed by atoms with E-state index in [-0.39, 0.29) is 0 Å². The van der Waals surface area contributed by atoms with Gasteiger partial charge in [0.05, 0.1) is 28.4 Å². The highest BCUT2D eigenvalue weighted by atomic mass is 16.5. The average molecular weight is 396 g/mol. The molecule has 0 unspecified atom stereocenters. The van der Waals surface area contributed by atoms with Gasteiger partial charge in [-0.25, -0.2) is 9.97 Å². The van der Waals surface area contributed by atoms with Gasteiger partial charge in [-0.1, -0.05) is 18.2 Å². The predicted octanol–water partition coefficient (Wildman–Crippen LogP) is 3.87. The van der Waals surface area contributed by atoms with Crippen molar-refractivity contribution in [3.8, 4) is 23.0 Å². The summed E-state index contributed by atoms with van der Waals surface area (Å²) in [5.41, 5.74) is 1.78. The first-order valence-electron chi connectivity index (χ1n) is 8.93. The van der Waals surface area contributed by atoms with E-state index in [0.29, 0.717) is 35.4 Å². The fourth-order valence-corrected chi connectivity index (χ4v) is 2.86. The van der Waals surface area contributed by atoms with E-state index in [1.807, 2.05) is 42.5 Å². The van der Waals surface area contributed by atoms with Crippen LogP contribution in [0.25, 0.3) is 0 Å². The molecule has 0 spiro atoms. The Hall–Kier alpha value is -3.68. The lowest BCUT2D eigenvalue weighted by molar-refractivity contribution is 0.324. The SMILES string of the molecule is COc1ccccc1CNc1cc(Nc2cc(OC)c(OC)c(OC)c2)ncn1. The van der Waals surface area contributed by atoms with Crippen molar-refractivity contribution >= 4 is 17.3 Å². The molecule has 3 aromatic rings. The molecule has 0 radical (unpaired) electrons. The molecule has 0 bridgehead atoms. The van der Waals surface area contributed by atoms with Crippen LogP contribution in [0.2, 0.25) is 0 Å². The Labute approximate surface area is 169 Å². The molecule has 1 aromatic heterocycles. The number of hydrogen-bond donors (Lipinski definition) is 2. The van der Waals surface area contributed by atoms with Gasteiger partial charge in [-0.3, -0.25) is 0 Å². The first-order valence-corrected chi connectivity index (χ1v) is 8.93. The van der Waals surface area contributed by atoms with E-state index < -0.39 is 0 Å². The molecule has 2 aromatic carbocycles. The summed E-state index contributed by atoms with van der Waals surface area (Å²) in [5, 5.41) is 6.52. The third-order valence-corrected chi connectivity index (χ3v) is 4.26. The number of para-hydroxylation sites is 1. The number of aromatic nitrogens is 2. The lowest BCUT2D eigenvalue weighted by Gasteiger charge is -2.15. The Morgan fingerprint density at radius 2 is 1.41 bits per heavy atom. The van der Waals surface area contributed by atoms with Crippen molar-refractivity contribution in [3.05, 3.63) is 54.4 Å². The van der Waals surface area contributed by atoms with Gasteiger partial charge in [0, 0.05) is 36.0 Å². The molecule has 0 aliphatic rings. The summed E-state index contributed by atoms with van der Waals surface area (Å²) >= 11 is 0. The molecule has 152 valence electrons. The maximum atomic E-state index is 5.39. The minimum atomic E-state index is 0.530. The third-order valence-electron chi connectivity index (χ3n) is 4.26. The molecule has 0 atom stereocenters. The van der Waals surface area contributed by atoms with Gasteiger partial charge in [0.1, 0.15) is 23.7 Å². The monoisotopic (exact) mass is 396 g/mol. The van der Waals surface area contributed by atoms with Gasteiger partial charge in [-0.05, 0) is 6.07 Å². The molecule has 8 heteroatoms. The average Bonchev–Trinajstić information content (AvgIpc) is 2.77. The third kappa shape index (κ3) is 4.78. The lowest BCUT2D eigenvalue weighted by Crippen LogP contribution is -2.04. The Morgan fingerprint density at radius 3 is 2.07 bits per heavy atom. The van der Waals surface area contributed by atoms with Crippen molar-refractivity contribution in [1.82, 2.24) is 9.97 Å². The van der Waals surface area contributed by atoms with E-state index in [1.54, 1.807) is 28.4 Å². The van der Waals surface area contributed by atoms with Crippen molar-refractivity contribution in [3.63, 3.8) is 0 Å². The fraction of sp³-hybridized carbons (Fsp3) is 0.238. The van der Waals surface area contributed by atoms with Crippen molar-refractivity contribution in [2.75, 3.05) is 39.1 Å². The Balaban J connectivity index is 1.76. The van der Waals surface area contributed by atoms with Crippen LogP contribution in [-0.2, 0) is 6.54 Å². The van der Waals surface area contributed by atoms with Crippen LogP contribution < -0.4 is 29.6 Å². The summed E-state index contributed by atoms with van der Waals surface area (Å²) in [7, 11) is 6.37. The molecular weight excluding hydrogens is 372 g/mol. The van der Waals surface area contributed by atoms with Crippen molar-refractivity contribution in [2.24, 2.45) is 0 Å². The number of hydrogen-bond acceptors (Lipinski definition) is 8. The standard InChI is InChI=1S/C21H24N4O4/c1-26-16-8-6-5-7-14(16)12-22-19-11-20(24-13-23-19)25-15-9-17(27-2)21(29-4)18(10-15)28-3/h5-11,13H,12H2,1-4H3,(H2,22,23,24,25). The van der Waals surface area contributed by atoms with Crippen molar-refractivity contribution < 1.29 is 18.9 Å². The molecule has 29 heavy (non-hydrogen) atoms. The van der Waals surface area contributed by atoms with Crippen molar-refractivity contribution in [2.45, 2.75) is 6.54 Å². The summed E-state index contributed by atoms with van der Waals surface area (Å²) in [6, 6.07) is 13.3. The summed E-state index contributed by atoms with van der Waals surface area (Å²) in [6.45, 7) is 0.574. The molecule has 1 heterocycles. The zero-order valence-corrected chi connectivity index (χ0v) is 16.9. The molecule has 0 fully saturated rings. The van der Waals surface area contributed by atoms with Crippen LogP contribution in [0, 0.1) is 0 Å². The quantitative estimate of drug-likeness (QED) is 0.564. The molecule has 2 N–H and O–H groups in total. The molecule has 0 saturated heterocycles. The number of benzene rings is 2. The molecule has 8 nitrogen and oxygen atoms in total. The summed E-state index contributed by atoms with van der Waals surface area (Å²) in [5.74, 6) is 3.76. The van der Waals surface area contributed by atoms with Gasteiger partial charge >= 0.3 is 0 Å². The smallest absolute Gasteiger partial charge is 0.203 e. The number of nitrogens with one attached hydrogen (secondary N) is 2. The normalized spacial score (nSPS) is 10.2. The number of rotatable bonds is 9. The summed E-state index contributed by atoms with van der Waals surface area (Å²) in [4.78, 5) is 8.55.